The van der Waals surface area contributed by atoms with E-state index in [9.17, 15) is 4.79 Å². The molecule has 0 spiro atoms. The van der Waals surface area contributed by atoms with E-state index in [1.54, 1.807) is 13.0 Å². The summed E-state index contributed by atoms with van der Waals surface area (Å²) < 4.78 is 0. The molecule has 0 aliphatic rings. The number of hydrogen-bond acceptors (Lipinski definition) is 3. The minimum Gasteiger partial charge on any atom is -0.368 e. The van der Waals surface area contributed by atoms with Crippen LogP contribution in [-0.2, 0) is 4.79 Å². The van der Waals surface area contributed by atoms with Crippen LogP contribution in [0, 0.1) is 0 Å². The molecule has 3 nitrogen and oxygen atoms in total. The first-order chi connectivity index (χ1) is 6.93. The van der Waals surface area contributed by atoms with E-state index in [1.165, 1.54) is 11.8 Å². The summed E-state index contributed by atoms with van der Waals surface area (Å²) in [7, 11) is 0. The first-order valence-electron chi connectivity index (χ1n) is 4.39. The summed E-state index contributed by atoms with van der Waals surface area (Å²) in [6.07, 6.45) is 0. The van der Waals surface area contributed by atoms with Gasteiger partial charge in [-0.05, 0) is 19.1 Å². The van der Waals surface area contributed by atoms with Crippen molar-refractivity contribution in [3.05, 3.63) is 29.3 Å². The fourth-order valence-electron chi connectivity index (χ4n) is 0.861. The Balaban J connectivity index is 2.66. The van der Waals surface area contributed by atoms with Gasteiger partial charge in [-0.2, -0.15) is 0 Å². The molecule has 5 heteroatoms. The quantitative estimate of drug-likeness (QED) is 0.791. The number of amides is 1. The number of nitrogens with two attached hydrogens (primary N) is 2. The van der Waals surface area contributed by atoms with Gasteiger partial charge in [0.15, 0.2) is 0 Å². The predicted molar refractivity (Wildman–Crippen MR) is 64.0 cm³/mol. The lowest BCUT2D eigenvalue weighted by molar-refractivity contribution is -0.121. The summed E-state index contributed by atoms with van der Waals surface area (Å²) in [5.41, 5.74) is 9.87. The molecule has 1 atom stereocenters. The smallest absolute Gasteiger partial charge is 0.238 e. The van der Waals surface area contributed by atoms with E-state index < -0.39 is 11.4 Å². The monoisotopic (exact) mass is 244 g/mol. The molecular formula is C10H13ClN2OS. The van der Waals surface area contributed by atoms with Gasteiger partial charge in [-0.25, -0.2) is 0 Å². The molecule has 1 amide bonds. The average molecular weight is 245 g/mol. The molecule has 0 saturated carbocycles. The molecule has 0 bridgehead atoms. The highest BCUT2D eigenvalue weighted by Crippen LogP contribution is 2.28. The predicted octanol–water partition coefficient (Wildman–Crippen LogP) is 1.63. The van der Waals surface area contributed by atoms with Crippen molar-refractivity contribution >= 4 is 29.3 Å². The van der Waals surface area contributed by atoms with Gasteiger partial charge in [0.25, 0.3) is 0 Å². The van der Waals surface area contributed by atoms with Crippen LogP contribution >= 0.6 is 23.4 Å². The van der Waals surface area contributed by atoms with Gasteiger partial charge >= 0.3 is 0 Å². The topological polar surface area (TPSA) is 69.1 Å². The van der Waals surface area contributed by atoms with E-state index >= 15 is 0 Å². The van der Waals surface area contributed by atoms with Gasteiger partial charge in [-0.15, -0.1) is 11.8 Å². The maximum atomic E-state index is 11.0. The highest BCUT2D eigenvalue weighted by atomic mass is 35.5. The number of rotatable bonds is 4. The Morgan fingerprint density at radius 3 is 2.67 bits per heavy atom. The van der Waals surface area contributed by atoms with Crippen LogP contribution in [-0.4, -0.2) is 17.2 Å². The number of halogens is 1. The SMILES string of the molecule is CC(N)(CSc1ccccc1Cl)C(N)=O. The molecule has 1 aromatic rings. The van der Waals surface area contributed by atoms with Gasteiger partial charge in [0.1, 0.15) is 5.54 Å². The molecular weight excluding hydrogens is 232 g/mol. The van der Waals surface area contributed by atoms with E-state index in [0.29, 0.717) is 10.8 Å². The summed E-state index contributed by atoms with van der Waals surface area (Å²) in [5, 5.41) is 0.655. The molecule has 1 aromatic carbocycles. The van der Waals surface area contributed by atoms with Gasteiger partial charge in [0.2, 0.25) is 5.91 Å². The van der Waals surface area contributed by atoms with Crippen molar-refractivity contribution in [3.63, 3.8) is 0 Å². The lowest BCUT2D eigenvalue weighted by atomic mass is 10.1. The summed E-state index contributed by atoms with van der Waals surface area (Å²) in [6, 6.07) is 7.40. The Bertz CT molecular complexity index is 368. The van der Waals surface area contributed by atoms with Gasteiger partial charge in [-0.1, -0.05) is 23.7 Å². The van der Waals surface area contributed by atoms with Gasteiger partial charge in [-0.3, -0.25) is 4.79 Å². The van der Waals surface area contributed by atoms with Crippen molar-refractivity contribution < 1.29 is 4.79 Å². The maximum Gasteiger partial charge on any atom is 0.238 e. The zero-order chi connectivity index (χ0) is 11.5. The molecule has 4 N–H and O–H groups in total. The van der Waals surface area contributed by atoms with Crippen LogP contribution in [0.25, 0.3) is 0 Å². The minimum atomic E-state index is -1.01. The number of thioether (sulfide) groups is 1. The van der Waals surface area contributed by atoms with Crippen LogP contribution in [0.15, 0.2) is 29.2 Å². The Morgan fingerprint density at radius 1 is 1.53 bits per heavy atom. The number of hydrogen-bond donors (Lipinski definition) is 2. The highest BCUT2D eigenvalue weighted by molar-refractivity contribution is 7.99. The Morgan fingerprint density at radius 2 is 2.13 bits per heavy atom. The van der Waals surface area contributed by atoms with Crippen LogP contribution in [0.2, 0.25) is 5.02 Å². The average Bonchev–Trinajstić information content (AvgIpc) is 2.16. The van der Waals surface area contributed by atoms with Gasteiger partial charge < -0.3 is 11.5 Å². The second-order valence-corrected chi connectivity index (χ2v) is 4.93. The molecule has 0 aliphatic heterocycles. The number of carbonyl (C=O) groups excluding carboxylic acids is 1. The van der Waals surface area contributed by atoms with Crippen LogP contribution < -0.4 is 11.5 Å². The van der Waals surface area contributed by atoms with Crippen molar-refractivity contribution in [3.8, 4) is 0 Å². The standard InChI is InChI=1S/C10H13ClN2OS/c1-10(13,9(12)14)6-15-8-5-3-2-4-7(8)11/h2-5H,6,13H2,1H3,(H2,12,14). The number of benzene rings is 1. The third-order valence-corrected chi connectivity index (χ3v) is 3.78. The summed E-state index contributed by atoms with van der Waals surface area (Å²) in [4.78, 5) is 11.9. The van der Waals surface area contributed by atoms with Crippen LogP contribution in [0.3, 0.4) is 0 Å². The Kier molecular flexibility index (Phi) is 4.02. The zero-order valence-corrected chi connectivity index (χ0v) is 9.94. The molecule has 0 saturated heterocycles. The van der Waals surface area contributed by atoms with E-state index in [0.717, 1.165) is 4.90 Å². The van der Waals surface area contributed by atoms with Crippen molar-refractivity contribution in [2.24, 2.45) is 11.5 Å². The van der Waals surface area contributed by atoms with Gasteiger partial charge in [0.05, 0.1) is 5.02 Å². The first kappa shape index (κ1) is 12.4. The summed E-state index contributed by atoms with van der Waals surface area (Å²) in [5.74, 6) is -0.103. The molecule has 1 rings (SSSR count). The van der Waals surface area contributed by atoms with E-state index in [1.807, 2.05) is 18.2 Å². The Hall–Kier alpha value is -0.710. The van der Waals surface area contributed by atoms with Crippen molar-refractivity contribution in [1.29, 1.82) is 0 Å². The largest absolute Gasteiger partial charge is 0.368 e. The molecule has 15 heavy (non-hydrogen) atoms. The second kappa shape index (κ2) is 4.88. The zero-order valence-electron chi connectivity index (χ0n) is 8.37. The first-order valence-corrected chi connectivity index (χ1v) is 5.76. The minimum absolute atomic E-state index is 0.409. The molecule has 82 valence electrons. The normalized spacial score (nSPS) is 14.6. The fourth-order valence-corrected chi connectivity index (χ4v) is 2.14. The molecule has 0 aromatic heterocycles. The maximum absolute atomic E-state index is 11.0. The van der Waals surface area contributed by atoms with Gasteiger partial charge in [0, 0.05) is 10.6 Å². The van der Waals surface area contributed by atoms with Crippen LogP contribution in [0.4, 0.5) is 0 Å². The Labute approximate surface area is 98.2 Å². The van der Waals surface area contributed by atoms with E-state index in [4.69, 9.17) is 23.1 Å². The van der Waals surface area contributed by atoms with Crippen LogP contribution in [0.1, 0.15) is 6.92 Å². The van der Waals surface area contributed by atoms with Crippen LogP contribution in [0.5, 0.6) is 0 Å². The lowest BCUT2D eigenvalue weighted by Gasteiger charge is -2.19. The van der Waals surface area contributed by atoms with Crippen molar-refractivity contribution in [2.75, 3.05) is 5.75 Å². The summed E-state index contributed by atoms with van der Waals surface area (Å²) in [6.45, 7) is 1.61. The molecule has 0 aliphatic carbocycles. The lowest BCUT2D eigenvalue weighted by Crippen LogP contribution is -2.51. The molecule has 0 fully saturated rings. The van der Waals surface area contributed by atoms with E-state index in [-0.39, 0.29) is 0 Å². The third kappa shape index (κ3) is 3.41. The summed E-state index contributed by atoms with van der Waals surface area (Å²) >= 11 is 7.38. The molecule has 0 radical (unpaired) electrons. The molecule has 0 heterocycles. The highest BCUT2D eigenvalue weighted by Gasteiger charge is 2.25. The molecule has 1 unspecified atom stereocenters. The second-order valence-electron chi connectivity index (χ2n) is 3.50. The van der Waals surface area contributed by atoms with Crippen molar-refractivity contribution in [1.82, 2.24) is 0 Å². The fraction of sp³-hybridized carbons (Fsp3) is 0.300. The number of carbonyl (C=O) groups is 1. The van der Waals surface area contributed by atoms with E-state index in [2.05, 4.69) is 0 Å². The third-order valence-electron chi connectivity index (χ3n) is 1.93. The van der Waals surface area contributed by atoms with Crippen molar-refractivity contribution in [2.45, 2.75) is 17.4 Å². The number of primary amides is 1.